The standard InChI is InChI=1S/C63H46INO/c1-3-41(19-18-38-64)62(49-27-12-7-22-43(49)44-23-8-13-28-50(44)62)55-36-37-57(60-48-35-34-40(2)39-58(48)66-61(55)60)65(42-20-5-4-6-21-42)56-33-17-32-54-59(56)47-26-11-16-31-53(47)63(54)51-29-14-9-24-45(51)46-25-10-15-30-52(46)63/h3-37,40H,38-39H2,1-2H3/b19-18-,41-3+. The van der Waals surface area contributed by atoms with Gasteiger partial charge in [0, 0.05) is 33.2 Å². The number of hydrogen-bond acceptors (Lipinski definition) is 2. The summed E-state index contributed by atoms with van der Waals surface area (Å²) in [5.41, 5.74) is 22.3. The fraction of sp³-hybridized carbons (Fsp3) is 0.111. The lowest BCUT2D eigenvalue weighted by Crippen LogP contribution is -2.29. The zero-order valence-corrected chi connectivity index (χ0v) is 39.1. The molecule has 0 fully saturated rings. The van der Waals surface area contributed by atoms with Crippen molar-refractivity contribution in [3.05, 3.63) is 262 Å². The van der Waals surface area contributed by atoms with Gasteiger partial charge in [-0.3, -0.25) is 0 Å². The van der Waals surface area contributed by atoms with E-state index in [0.717, 1.165) is 50.2 Å². The highest BCUT2D eigenvalue weighted by molar-refractivity contribution is 14.1. The van der Waals surface area contributed by atoms with Crippen molar-refractivity contribution >= 4 is 56.7 Å². The molecule has 4 aliphatic carbocycles. The molecule has 2 nitrogen and oxygen atoms in total. The van der Waals surface area contributed by atoms with Crippen LogP contribution in [0, 0.1) is 5.92 Å². The van der Waals surface area contributed by atoms with Gasteiger partial charge in [-0.05, 0) is 104 Å². The summed E-state index contributed by atoms with van der Waals surface area (Å²) in [4.78, 5) is 2.53. The largest absolute Gasteiger partial charge is 0.460 e. The topological polar surface area (TPSA) is 16.4 Å². The summed E-state index contributed by atoms with van der Waals surface area (Å²) in [6, 6.07) is 68.2. The Hall–Kier alpha value is -6.95. The van der Waals surface area contributed by atoms with E-state index >= 15 is 0 Å². The first-order chi connectivity index (χ1) is 32.6. The molecule has 0 bridgehead atoms. The van der Waals surface area contributed by atoms with Crippen LogP contribution in [0.5, 0.6) is 0 Å². The molecule has 0 saturated heterocycles. The van der Waals surface area contributed by atoms with Gasteiger partial charge in [0.2, 0.25) is 0 Å². The summed E-state index contributed by atoms with van der Waals surface area (Å²) in [6.07, 6.45) is 12.5. The van der Waals surface area contributed by atoms with Crippen molar-refractivity contribution in [1.29, 1.82) is 0 Å². The van der Waals surface area contributed by atoms with Crippen LogP contribution in [0.4, 0.5) is 17.1 Å². The van der Waals surface area contributed by atoms with Gasteiger partial charge in [0.1, 0.15) is 11.3 Å². The predicted octanol–water partition coefficient (Wildman–Crippen LogP) is 16.7. The smallest absolute Gasteiger partial charge is 0.141 e. The molecule has 0 amide bonds. The van der Waals surface area contributed by atoms with E-state index in [1.54, 1.807) is 0 Å². The number of para-hydroxylation sites is 1. The third kappa shape index (κ3) is 5.18. The van der Waals surface area contributed by atoms with Gasteiger partial charge in [-0.2, -0.15) is 0 Å². The average molecular weight is 960 g/mol. The van der Waals surface area contributed by atoms with E-state index in [1.807, 2.05) is 0 Å². The molecule has 3 heteroatoms. The van der Waals surface area contributed by atoms with Gasteiger partial charge < -0.3 is 9.32 Å². The number of fused-ring (bicyclic) bond motifs is 16. The molecule has 0 N–H and O–H groups in total. The number of allylic oxidation sites excluding steroid dienone is 5. The molecule has 1 aromatic heterocycles. The Balaban J connectivity index is 1.14. The van der Waals surface area contributed by atoms with Gasteiger partial charge in [0.25, 0.3) is 0 Å². The maximum absolute atomic E-state index is 7.49. The number of halogens is 1. The van der Waals surface area contributed by atoms with E-state index in [2.05, 4.69) is 254 Å². The highest BCUT2D eigenvalue weighted by Gasteiger charge is 2.53. The van der Waals surface area contributed by atoms with E-state index in [4.69, 9.17) is 4.42 Å². The lowest BCUT2D eigenvalue weighted by molar-refractivity contribution is 0.508. The number of nitrogens with zero attached hydrogens (tertiary/aromatic N) is 1. The minimum atomic E-state index is -0.628. The van der Waals surface area contributed by atoms with Gasteiger partial charge >= 0.3 is 0 Å². The van der Waals surface area contributed by atoms with Gasteiger partial charge in [0.05, 0.1) is 27.6 Å². The second-order valence-electron chi connectivity index (χ2n) is 18.2. The Morgan fingerprint density at radius 3 is 1.76 bits per heavy atom. The maximum Gasteiger partial charge on any atom is 0.141 e. The fourth-order valence-corrected chi connectivity index (χ4v) is 12.8. The third-order valence-corrected chi connectivity index (χ3v) is 15.5. The van der Waals surface area contributed by atoms with Crippen LogP contribution in [-0.4, -0.2) is 4.43 Å². The molecule has 66 heavy (non-hydrogen) atoms. The minimum Gasteiger partial charge on any atom is -0.460 e. The van der Waals surface area contributed by atoms with Crippen molar-refractivity contribution in [1.82, 2.24) is 0 Å². The zero-order chi connectivity index (χ0) is 44.1. The van der Waals surface area contributed by atoms with E-state index in [1.165, 1.54) is 77.9 Å². The molecule has 1 heterocycles. The first-order valence-electron chi connectivity index (χ1n) is 23.2. The molecule has 0 saturated carbocycles. The maximum atomic E-state index is 7.49. The Labute approximate surface area is 400 Å². The zero-order valence-electron chi connectivity index (χ0n) is 36.9. The fourth-order valence-electron chi connectivity index (χ4n) is 12.6. The first kappa shape index (κ1) is 39.4. The second-order valence-corrected chi connectivity index (χ2v) is 19.1. The number of benzene rings is 8. The number of furan rings is 1. The Kier molecular flexibility index (Phi) is 8.99. The van der Waals surface area contributed by atoms with Crippen molar-refractivity contribution in [2.24, 2.45) is 5.92 Å². The van der Waals surface area contributed by atoms with Crippen molar-refractivity contribution in [3.8, 4) is 33.4 Å². The summed E-state index contributed by atoms with van der Waals surface area (Å²) < 4.78 is 8.41. The van der Waals surface area contributed by atoms with Crippen LogP contribution in [0.15, 0.2) is 216 Å². The van der Waals surface area contributed by atoms with Crippen molar-refractivity contribution < 1.29 is 4.42 Å². The quantitative estimate of drug-likeness (QED) is 0.0899. The summed E-state index contributed by atoms with van der Waals surface area (Å²) in [7, 11) is 0. The van der Waals surface area contributed by atoms with Crippen LogP contribution in [0.2, 0.25) is 0 Å². The lowest BCUT2D eigenvalue weighted by atomic mass is 9.66. The number of hydrogen-bond donors (Lipinski definition) is 0. The highest BCUT2D eigenvalue weighted by Crippen LogP contribution is 2.65. The van der Waals surface area contributed by atoms with Gasteiger partial charge in [-0.15, -0.1) is 0 Å². The van der Waals surface area contributed by atoms with Gasteiger partial charge in [0.15, 0.2) is 0 Å². The molecule has 1 spiro atoms. The SMILES string of the molecule is C/C=C(\C=C/CI)C1(c2ccc(N(c3ccccc3)c3cccc4c3-c3ccccc3C43c4ccccc4-c4ccccc43)c3c4c(oc23)CC(C)C=C4)c2ccccc2-c2ccccc21. The molecule has 0 aliphatic heterocycles. The van der Waals surface area contributed by atoms with E-state index in [-0.39, 0.29) is 0 Å². The van der Waals surface area contributed by atoms with E-state index < -0.39 is 10.8 Å². The van der Waals surface area contributed by atoms with Crippen molar-refractivity contribution in [3.63, 3.8) is 0 Å². The Morgan fingerprint density at radius 2 is 1.14 bits per heavy atom. The van der Waals surface area contributed by atoms with Gasteiger partial charge in [-0.25, -0.2) is 0 Å². The van der Waals surface area contributed by atoms with Crippen LogP contribution in [-0.2, 0) is 17.3 Å². The highest BCUT2D eigenvalue weighted by atomic mass is 127. The molecular weight excluding hydrogens is 914 g/mol. The minimum absolute atomic E-state index is 0.358. The van der Waals surface area contributed by atoms with Gasteiger partial charge in [-0.1, -0.05) is 218 Å². The summed E-state index contributed by atoms with van der Waals surface area (Å²) in [5, 5.41) is 1.14. The van der Waals surface area contributed by atoms with E-state index in [0.29, 0.717) is 5.92 Å². The number of anilines is 3. The molecule has 0 radical (unpaired) electrons. The van der Waals surface area contributed by atoms with Crippen LogP contribution < -0.4 is 4.90 Å². The number of alkyl halides is 1. The molecule has 13 rings (SSSR count). The van der Waals surface area contributed by atoms with Crippen molar-refractivity contribution in [2.75, 3.05) is 9.33 Å². The predicted molar refractivity (Wildman–Crippen MR) is 283 cm³/mol. The molecule has 316 valence electrons. The molecule has 8 aromatic carbocycles. The molecule has 1 unspecified atom stereocenters. The molecule has 1 atom stereocenters. The molecule has 4 aliphatic rings. The van der Waals surface area contributed by atoms with Crippen LogP contribution >= 0.6 is 22.6 Å². The summed E-state index contributed by atoms with van der Waals surface area (Å²) >= 11 is 2.46. The van der Waals surface area contributed by atoms with Crippen LogP contribution in [0.3, 0.4) is 0 Å². The van der Waals surface area contributed by atoms with Crippen molar-refractivity contribution in [2.45, 2.75) is 31.1 Å². The lowest BCUT2D eigenvalue weighted by Gasteiger charge is -2.36. The summed E-state index contributed by atoms with van der Waals surface area (Å²) in [5.74, 6) is 1.40. The number of rotatable bonds is 7. The normalized spacial score (nSPS) is 16.5. The first-order valence-corrected chi connectivity index (χ1v) is 24.8. The molecule has 9 aromatic rings. The Bertz CT molecular complexity index is 3460. The molecular formula is C63H46INO. The summed E-state index contributed by atoms with van der Waals surface area (Å²) in [6.45, 7) is 4.49. The average Bonchev–Trinajstić information content (AvgIpc) is 4.08. The van der Waals surface area contributed by atoms with Crippen LogP contribution in [0.1, 0.15) is 64.1 Å². The monoisotopic (exact) mass is 959 g/mol. The third-order valence-electron chi connectivity index (χ3n) is 15.0. The Morgan fingerprint density at radius 1 is 0.591 bits per heavy atom. The van der Waals surface area contributed by atoms with E-state index in [9.17, 15) is 0 Å². The van der Waals surface area contributed by atoms with Crippen LogP contribution in [0.25, 0.3) is 50.4 Å². The second kappa shape index (κ2) is 15.0.